The van der Waals surface area contributed by atoms with Crippen LogP contribution < -0.4 is 10.1 Å². The van der Waals surface area contributed by atoms with Crippen LogP contribution in [0.5, 0.6) is 5.75 Å². The molecule has 1 unspecified atom stereocenters. The zero-order chi connectivity index (χ0) is 13.7. The first-order chi connectivity index (χ1) is 9.26. The van der Waals surface area contributed by atoms with Crippen LogP contribution in [0.2, 0.25) is 0 Å². The summed E-state index contributed by atoms with van der Waals surface area (Å²) in [6.45, 7) is 7.21. The summed E-state index contributed by atoms with van der Waals surface area (Å²) in [5, 5.41) is 3.31. The van der Waals surface area contributed by atoms with Crippen LogP contribution in [-0.2, 0) is 0 Å². The summed E-state index contributed by atoms with van der Waals surface area (Å²) < 4.78 is 5.45. The minimum Gasteiger partial charge on any atom is -0.494 e. The quantitative estimate of drug-likeness (QED) is 0.881. The first-order valence-corrected chi connectivity index (χ1v) is 7.00. The van der Waals surface area contributed by atoms with Crippen molar-refractivity contribution in [3.05, 3.63) is 29.8 Å². The van der Waals surface area contributed by atoms with Crippen LogP contribution in [0.3, 0.4) is 0 Å². The van der Waals surface area contributed by atoms with Gasteiger partial charge in [0.1, 0.15) is 5.75 Å². The maximum Gasteiger partial charge on any atom is 0.254 e. The molecule has 4 heteroatoms. The summed E-state index contributed by atoms with van der Waals surface area (Å²) in [4.78, 5) is 14.5. The van der Waals surface area contributed by atoms with Gasteiger partial charge in [0.05, 0.1) is 6.61 Å². The molecule has 1 amide bonds. The Morgan fingerprint density at radius 2 is 2.32 bits per heavy atom. The fourth-order valence-electron chi connectivity index (χ4n) is 2.52. The van der Waals surface area contributed by atoms with Gasteiger partial charge in [0, 0.05) is 24.7 Å². The van der Waals surface area contributed by atoms with Gasteiger partial charge in [0.2, 0.25) is 0 Å². The number of hydrogen-bond acceptors (Lipinski definition) is 3. The number of amides is 1. The highest BCUT2D eigenvalue weighted by atomic mass is 16.5. The predicted octanol–water partition coefficient (Wildman–Crippen LogP) is 1.91. The fourth-order valence-corrected chi connectivity index (χ4v) is 2.52. The van der Waals surface area contributed by atoms with Crippen molar-refractivity contribution in [2.24, 2.45) is 0 Å². The number of ether oxygens (including phenoxy) is 1. The number of carbonyl (C=O) groups excluding carboxylic acids is 1. The third-order valence-electron chi connectivity index (χ3n) is 3.47. The first-order valence-electron chi connectivity index (χ1n) is 7.00. The van der Waals surface area contributed by atoms with E-state index in [1.54, 1.807) is 0 Å². The van der Waals surface area contributed by atoms with E-state index in [0.29, 0.717) is 18.2 Å². The monoisotopic (exact) mass is 262 g/mol. The summed E-state index contributed by atoms with van der Waals surface area (Å²) in [6.07, 6.45) is 1.03. The molecule has 1 aliphatic heterocycles. The van der Waals surface area contributed by atoms with Gasteiger partial charge in [0.25, 0.3) is 5.91 Å². The van der Waals surface area contributed by atoms with Gasteiger partial charge >= 0.3 is 0 Å². The van der Waals surface area contributed by atoms with Gasteiger partial charge in [-0.2, -0.15) is 0 Å². The van der Waals surface area contributed by atoms with E-state index in [1.807, 2.05) is 43.0 Å². The van der Waals surface area contributed by atoms with Crippen molar-refractivity contribution in [2.75, 3.05) is 26.2 Å². The standard InChI is InChI=1S/C15H22N2O2/c1-3-17(13-8-9-16-11-13)15(18)12-6-5-7-14(10-12)19-4-2/h5-7,10,13,16H,3-4,8-9,11H2,1-2H3. The van der Waals surface area contributed by atoms with E-state index in [-0.39, 0.29) is 5.91 Å². The Morgan fingerprint density at radius 1 is 1.47 bits per heavy atom. The molecule has 4 nitrogen and oxygen atoms in total. The summed E-state index contributed by atoms with van der Waals surface area (Å²) >= 11 is 0. The van der Waals surface area contributed by atoms with Crippen LogP contribution in [0.15, 0.2) is 24.3 Å². The maximum absolute atomic E-state index is 12.6. The zero-order valence-electron chi connectivity index (χ0n) is 11.7. The lowest BCUT2D eigenvalue weighted by Gasteiger charge is -2.27. The summed E-state index contributed by atoms with van der Waals surface area (Å²) in [5.41, 5.74) is 0.708. The summed E-state index contributed by atoms with van der Waals surface area (Å²) in [6, 6.07) is 7.76. The van der Waals surface area contributed by atoms with Crippen molar-refractivity contribution in [2.45, 2.75) is 26.3 Å². The van der Waals surface area contributed by atoms with Gasteiger partial charge in [-0.1, -0.05) is 6.07 Å². The minimum absolute atomic E-state index is 0.0951. The molecule has 1 N–H and O–H groups in total. The number of hydrogen-bond donors (Lipinski definition) is 1. The van der Waals surface area contributed by atoms with Crippen molar-refractivity contribution in [3.63, 3.8) is 0 Å². The molecule has 0 aromatic heterocycles. The van der Waals surface area contributed by atoms with Crippen molar-refractivity contribution in [3.8, 4) is 5.75 Å². The molecule has 0 saturated carbocycles. The van der Waals surface area contributed by atoms with Crippen molar-refractivity contribution in [1.82, 2.24) is 10.2 Å². The second-order valence-corrected chi connectivity index (χ2v) is 4.70. The molecule has 1 aromatic carbocycles. The van der Waals surface area contributed by atoms with Gasteiger partial charge < -0.3 is 15.0 Å². The normalized spacial score (nSPS) is 18.3. The van der Waals surface area contributed by atoms with Crippen LogP contribution >= 0.6 is 0 Å². The molecule has 0 aliphatic carbocycles. The zero-order valence-corrected chi connectivity index (χ0v) is 11.7. The number of nitrogens with zero attached hydrogens (tertiary/aromatic N) is 1. The lowest BCUT2D eigenvalue weighted by atomic mass is 10.1. The third kappa shape index (κ3) is 3.26. The lowest BCUT2D eigenvalue weighted by Crippen LogP contribution is -2.41. The molecule has 19 heavy (non-hydrogen) atoms. The molecule has 0 radical (unpaired) electrons. The topological polar surface area (TPSA) is 41.6 Å². The molecule has 1 aliphatic rings. The second-order valence-electron chi connectivity index (χ2n) is 4.70. The Morgan fingerprint density at radius 3 is 2.95 bits per heavy atom. The molecule has 104 valence electrons. The number of nitrogens with one attached hydrogen (secondary N) is 1. The molecule has 0 spiro atoms. The third-order valence-corrected chi connectivity index (χ3v) is 3.47. The average Bonchev–Trinajstić information content (AvgIpc) is 2.94. The van der Waals surface area contributed by atoms with E-state index in [1.165, 1.54) is 0 Å². The van der Waals surface area contributed by atoms with Crippen LogP contribution in [-0.4, -0.2) is 43.1 Å². The van der Waals surface area contributed by atoms with Gasteiger partial charge in [-0.05, 0) is 45.0 Å². The Labute approximate surface area is 114 Å². The van der Waals surface area contributed by atoms with Crippen molar-refractivity contribution < 1.29 is 9.53 Å². The highest BCUT2D eigenvalue weighted by Gasteiger charge is 2.26. The maximum atomic E-state index is 12.6. The Kier molecular flexibility index (Phi) is 4.80. The van der Waals surface area contributed by atoms with E-state index >= 15 is 0 Å². The van der Waals surface area contributed by atoms with Crippen LogP contribution in [0, 0.1) is 0 Å². The molecular formula is C15H22N2O2. The van der Waals surface area contributed by atoms with Crippen LogP contribution in [0.4, 0.5) is 0 Å². The van der Waals surface area contributed by atoms with Gasteiger partial charge in [-0.25, -0.2) is 0 Å². The number of carbonyl (C=O) groups is 1. The molecule has 1 fully saturated rings. The lowest BCUT2D eigenvalue weighted by molar-refractivity contribution is 0.0703. The SMILES string of the molecule is CCOc1cccc(C(=O)N(CC)C2CCNC2)c1. The largest absolute Gasteiger partial charge is 0.494 e. The molecule has 1 aromatic rings. The molecule has 1 saturated heterocycles. The van der Waals surface area contributed by atoms with Crippen LogP contribution in [0.25, 0.3) is 0 Å². The predicted molar refractivity (Wildman–Crippen MR) is 75.6 cm³/mol. The molecule has 2 rings (SSSR count). The molecule has 1 atom stereocenters. The molecular weight excluding hydrogens is 240 g/mol. The average molecular weight is 262 g/mol. The Hall–Kier alpha value is -1.55. The van der Waals surface area contributed by atoms with E-state index in [4.69, 9.17) is 4.74 Å². The van der Waals surface area contributed by atoms with E-state index in [9.17, 15) is 4.79 Å². The number of benzene rings is 1. The Balaban J connectivity index is 2.14. The molecule has 0 bridgehead atoms. The minimum atomic E-state index is 0.0951. The highest BCUT2D eigenvalue weighted by Crippen LogP contribution is 2.17. The summed E-state index contributed by atoms with van der Waals surface area (Å²) in [7, 11) is 0. The Bertz CT molecular complexity index is 428. The smallest absolute Gasteiger partial charge is 0.254 e. The summed E-state index contributed by atoms with van der Waals surface area (Å²) in [5.74, 6) is 0.853. The number of rotatable bonds is 5. The van der Waals surface area contributed by atoms with Gasteiger partial charge in [-0.15, -0.1) is 0 Å². The van der Waals surface area contributed by atoms with Crippen LogP contribution in [0.1, 0.15) is 30.6 Å². The fraction of sp³-hybridized carbons (Fsp3) is 0.533. The first kappa shape index (κ1) is 13.9. The van der Waals surface area contributed by atoms with Crippen molar-refractivity contribution in [1.29, 1.82) is 0 Å². The second kappa shape index (κ2) is 6.57. The van der Waals surface area contributed by atoms with E-state index in [2.05, 4.69) is 5.32 Å². The van der Waals surface area contributed by atoms with Crippen molar-refractivity contribution >= 4 is 5.91 Å². The van der Waals surface area contributed by atoms with E-state index < -0.39 is 0 Å². The van der Waals surface area contributed by atoms with Gasteiger partial charge in [0.15, 0.2) is 0 Å². The van der Waals surface area contributed by atoms with E-state index in [0.717, 1.165) is 31.8 Å². The molecule has 1 heterocycles. The number of likely N-dealkylation sites (N-methyl/N-ethyl adjacent to an activating group) is 1. The highest BCUT2D eigenvalue weighted by molar-refractivity contribution is 5.94. The van der Waals surface area contributed by atoms with Gasteiger partial charge in [-0.3, -0.25) is 4.79 Å².